The van der Waals surface area contributed by atoms with E-state index in [0.717, 1.165) is 4.31 Å². The fraction of sp³-hybridized carbons (Fsp3) is 0.429. The number of nitrogens with zero attached hydrogens (tertiary/aromatic N) is 1. The van der Waals surface area contributed by atoms with Crippen LogP contribution in [-0.4, -0.2) is 85.4 Å². The van der Waals surface area contributed by atoms with Gasteiger partial charge in [0.2, 0.25) is 10.0 Å². The second-order valence-electron chi connectivity index (χ2n) is 13.4. The quantitative estimate of drug-likeness (QED) is 0.134. The molecule has 2 fully saturated rings. The van der Waals surface area contributed by atoms with E-state index < -0.39 is 60.9 Å². The number of furan rings is 1. The van der Waals surface area contributed by atoms with Crippen LogP contribution in [0.5, 0.6) is 0 Å². The van der Waals surface area contributed by atoms with Crippen molar-refractivity contribution in [2.24, 2.45) is 11.8 Å². The van der Waals surface area contributed by atoms with E-state index in [1.54, 1.807) is 63.2 Å². The third-order valence-electron chi connectivity index (χ3n) is 8.98. The van der Waals surface area contributed by atoms with Gasteiger partial charge in [0.1, 0.15) is 23.7 Å². The standard InChI is InChI=1S/C35H42N3O12PS/c1-21(2)18-38(52(44,45)25-11-12-29-27(17-25)28(33(39)36-29)16-24-10-9-22(3)48-24)19-31(50-51(41,42)43)30(15-23-7-5-4-6-8-23)37-35(40)49-32-20-47-34-26(32)13-14-46-34/h4-12,16-17,21,26,30-32,34H,13-15,18-20H2,1-3H3,(H,36,39)(H,37,40)(H2,41,42,43)/b28-16-/t26-,30-,31+,32-,34+/m0/s1. The normalized spacial score (nSPS) is 22.0. The third kappa shape index (κ3) is 9.01. The fourth-order valence-corrected chi connectivity index (χ4v) is 8.81. The molecule has 17 heteroatoms. The zero-order valence-corrected chi connectivity index (χ0v) is 30.5. The number of rotatable bonds is 14. The number of carbonyl (C=O) groups excluding carboxylic acids is 2. The van der Waals surface area contributed by atoms with Gasteiger partial charge >= 0.3 is 13.9 Å². The number of fused-ring (bicyclic) bond motifs is 2. The smallest absolute Gasteiger partial charge is 0.462 e. The van der Waals surface area contributed by atoms with Crippen molar-refractivity contribution in [2.75, 3.05) is 31.6 Å². The Bertz CT molecular complexity index is 1960. The minimum absolute atomic E-state index is 0.0134. The minimum atomic E-state index is -5.25. The largest absolute Gasteiger partial charge is 0.469 e. The van der Waals surface area contributed by atoms with Crippen LogP contribution in [0.2, 0.25) is 0 Å². The molecule has 0 saturated carbocycles. The van der Waals surface area contributed by atoms with Gasteiger partial charge in [0.15, 0.2) is 6.29 Å². The van der Waals surface area contributed by atoms with Crippen molar-refractivity contribution in [3.05, 3.63) is 83.3 Å². The molecule has 4 N–H and O–H groups in total. The number of sulfonamides is 1. The number of phosphoric ester groups is 1. The molecule has 2 amide bonds. The first-order valence-electron chi connectivity index (χ1n) is 16.9. The van der Waals surface area contributed by atoms with Crippen molar-refractivity contribution in [3.8, 4) is 0 Å². The number of alkyl carbamates (subject to hydrolysis) is 1. The Morgan fingerprint density at radius 1 is 1.12 bits per heavy atom. The topological polar surface area (TPSA) is 203 Å². The summed E-state index contributed by atoms with van der Waals surface area (Å²) in [5.41, 5.74) is 1.63. The molecule has 0 spiro atoms. The summed E-state index contributed by atoms with van der Waals surface area (Å²) in [4.78, 5) is 46.2. The molecule has 280 valence electrons. The van der Waals surface area contributed by atoms with Gasteiger partial charge in [-0.3, -0.25) is 9.32 Å². The Morgan fingerprint density at radius 2 is 1.88 bits per heavy atom. The number of ether oxygens (including phenoxy) is 3. The van der Waals surface area contributed by atoms with E-state index in [0.29, 0.717) is 41.4 Å². The van der Waals surface area contributed by atoms with Crippen molar-refractivity contribution < 1.29 is 55.5 Å². The number of aryl methyl sites for hydroxylation is 1. The highest BCUT2D eigenvalue weighted by molar-refractivity contribution is 7.89. The summed E-state index contributed by atoms with van der Waals surface area (Å²) in [6.07, 6.45) is -1.36. The summed E-state index contributed by atoms with van der Waals surface area (Å²) in [7, 11) is -9.66. The summed E-state index contributed by atoms with van der Waals surface area (Å²) < 4.78 is 70.1. The van der Waals surface area contributed by atoms with Crippen LogP contribution in [0.3, 0.4) is 0 Å². The van der Waals surface area contributed by atoms with E-state index in [1.165, 1.54) is 24.3 Å². The van der Waals surface area contributed by atoms with Gasteiger partial charge in [-0.05, 0) is 67.7 Å². The van der Waals surface area contributed by atoms with Crippen LogP contribution in [0.15, 0.2) is 70.0 Å². The summed E-state index contributed by atoms with van der Waals surface area (Å²) in [5, 5.41) is 5.44. The Morgan fingerprint density at radius 3 is 2.58 bits per heavy atom. The lowest BCUT2D eigenvalue weighted by Gasteiger charge is -2.33. The maximum atomic E-state index is 14.5. The molecule has 3 aliphatic heterocycles. The molecule has 4 heterocycles. The molecule has 0 unspecified atom stereocenters. The van der Waals surface area contributed by atoms with Gasteiger partial charge in [0.25, 0.3) is 5.91 Å². The highest BCUT2D eigenvalue weighted by Gasteiger charge is 2.44. The summed E-state index contributed by atoms with van der Waals surface area (Å²) in [6, 6.07) is 15.3. The van der Waals surface area contributed by atoms with Crippen LogP contribution >= 0.6 is 7.82 Å². The SMILES string of the molecule is Cc1ccc(/C=C2\C(=O)Nc3ccc(S(=O)(=O)N(CC(C)C)C[C@@H](OP(=O)(O)O)[C@H](Cc4ccccc4)NC(=O)O[C@H]4CO[C@H]5OCC[C@H]54)cc32)o1. The van der Waals surface area contributed by atoms with Gasteiger partial charge in [-0.15, -0.1) is 0 Å². The van der Waals surface area contributed by atoms with E-state index in [4.69, 9.17) is 23.2 Å². The van der Waals surface area contributed by atoms with Crippen molar-refractivity contribution in [3.63, 3.8) is 0 Å². The van der Waals surface area contributed by atoms with E-state index in [2.05, 4.69) is 10.6 Å². The number of phosphoric acid groups is 1. The molecule has 3 aliphatic rings. The van der Waals surface area contributed by atoms with E-state index >= 15 is 0 Å². The van der Waals surface area contributed by atoms with Crippen LogP contribution < -0.4 is 10.6 Å². The number of amides is 2. The van der Waals surface area contributed by atoms with Crippen molar-refractivity contribution in [1.82, 2.24) is 9.62 Å². The van der Waals surface area contributed by atoms with Gasteiger partial charge < -0.3 is 39.0 Å². The number of hydrogen-bond donors (Lipinski definition) is 4. The maximum absolute atomic E-state index is 14.5. The Labute approximate surface area is 301 Å². The lowest BCUT2D eigenvalue weighted by atomic mass is 10.0. The van der Waals surface area contributed by atoms with Gasteiger partial charge in [-0.2, -0.15) is 4.31 Å². The maximum Gasteiger partial charge on any atom is 0.469 e. The van der Waals surface area contributed by atoms with Crippen molar-refractivity contribution in [1.29, 1.82) is 0 Å². The average Bonchev–Trinajstić information content (AvgIpc) is 3.86. The molecule has 1 aromatic heterocycles. The molecule has 0 aliphatic carbocycles. The van der Waals surface area contributed by atoms with Crippen molar-refractivity contribution >= 4 is 47.2 Å². The highest BCUT2D eigenvalue weighted by Crippen LogP contribution is 2.40. The molecule has 6 rings (SSSR count). The Balaban J connectivity index is 1.32. The second kappa shape index (κ2) is 15.6. The second-order valence-corrected chi connectivity index (χ2v) is 16.6. The van der Waals surface area contributed by atoms with E-state index in [1.807, 2.05) is 0 Å². The molecule has 15 nitrogen and oxygen atoms in total. The Kier molecular flexibility index (Phi) is 11.4. The lowest BCUT2D eigenvalue weighted by molar-refractivity contribution is -0.110. The summed E-state index contributed by atoms with van der Waals surface area (Å²) >= 11 is 0. The molecule has 0 radical (unpaired) electrons. The third-order valence-corrected chi connectivity index (χ3v) is 11.4. The number of nitrogens with one attached hydrogen (secondary N) is 2. The predicted molar refractivity (Wildman–Crippen MR) is 188 cm³/mol. The zero-order chi connectivity index (χ0) is 37.2. The fourth-order valence-electron chi connectivity index (χ4n) is 6.60. The summed E-state index contributed by atoms with van der Waals surface area (Å²) in [5.74, 6) is 0.208. The van der Waals surface area contributed by atoms with E-state index in [9.17, 15) is 32.4 Å². The van der Waals surface area contributed by atoms with Gasteiger partial charge in [0.05, 0.1) is 35.6 Å². The first-order chi connectivity index (χ1) is 24.7. The zero-order valence-electron chi connectivity index (χ0n) is 28.8. The first kappa shape index (κ1) is 37.9. The number of carbonyl (C=O) groups is 2. The van der Waals surface area contributed by atoms with Crippen LogP contribution in [-0.2, 0) is 44.5 Å². The molecule has 3 aromatic rings. The van der Waals surface area contributed by atoms with Crippen LogP contribution in [0, 0.1) is 18.8 Å². The monoisotopic (exact) mass is 759 g/mol. The van der Waals surface area contributed by atoms with Gasteiger partial charge in [-0.25, -0.2) is 17.8 Å². The molecular weight excluding hydrogens is 717 g/mol. The number of anilines is 1. The Hall–Kier alpha value is -3.86. The molecule has 2 aromatic carbocycles. The van der Waals surface area contributed by atoms with Crippen LogP contribution in [0.1, 0.15) is 42.9 Å². The van der Waals surface area contributed by atoms with Crippen molar-refractivity contribution in [2.45, 2.75) is 63.0 Å². The number of benzene rings is 2. The van der Waals surface area contributed by atoms with Crippen LogP contribution in [0.25, 0.3) is 11.6 Å². The summed E-state index contributed by atoms with van der Waals surface area (Å²) in [6.45, 7) is 5.29. The average molecular weight is 760 g/mol. The molecule has 2 saturated heterocycles. The van der Waals surface area contributed by atoms with E-state index in [-0.39, 0.29) is 41.9 Å². The number of hydrogen-bond acceptors (Lipinski definition) is 10. The molecule has 52 heavy (non-hydrogen) atoms. The minimum Gasteiger partial charge on any atom is -0.462 e. The predicted octanol–water partition coefficient (Wildman–Crippen LogP) is 4.30. The van der Waals surface area contributed by atoms with Gasteiger partial charge in [-0.1, -0.05) is 44.2 Å². The van der Waals surface area contributed by atoms with Gasteiger partial charge in [0, 0.05) is 24.3 Å². The molecule has 0 bridgehead atoms. The first-order valence-corrected chi connectivity index (χ1v) is 19.9. The van der Waals surface area contributed by atoms with Crippen LogP contribution in [0.4, 0.5) is 10.5 Å². The molecular formula is C35H42N3O12PS. The molecule has 5 atom stereocenters. The highest BCUT2D eigenvalue weighted by atomic mass is 32.2. The lowest BCUT2D eigenvalue weighted by Crippen LogP contribution is -2.52.